The Morgan fingerprint density at radius 3 is 2.59 bits per heavy atom. The molecule has 27 heavy (non-hydrogen) atoms. The number of likely N-dealkylation sites (tertiary alicyclic amines) is 1. The van der Waals surface area contributed by atoms with Crippen LogP contribution in [0.2, 0.25) is 0 Å². The number of carbonyl (C=O) groups is 2. The standard InChI is InChI=1S/C20H32N4O3/c1-4-17(25)13-24-10-8-16(9-11-24)22-20(27)23-18-12-15(7-6-14(18)3)19(26)21-5-2/h6-7,12,16-17,25H,4-5,8-11,13H2,1-3H3,(H,21,26)(H2,22,23,27). The van der Waals surface area contributed by atoms with Crippen molar-refractivity contribution in [2.24, 2.45) is 0 Å². The van der Waals surface area contributed by atoms with Crippen LogP contribution in [-0.4, -0.2) is 60.3 Å². The van der Waals surface area contributed by atoms with E-state index in [-0.39, 0.29) is 24.1 Å². The number of nitrogens with zero attached hydrogens (tertiary/aromatic N) is 1. The summed E-state index contributed by atoms with van der Waals surface area (Å²) in [6.07, 6.45) is 2.21. The maximum Gasteiger partial charge on any atom is 0.319 e. The maximum absolute atomic E-state index is 12.4. The van der Waals surface area contributed by atoms with E-state index in [1.54, 1.807) is 12.1 Å². The van der Waals surface area contributed by atoms with Gasteiger partial charge in [0.2, 0.25) is 0 Å². The number of aliphatic hydroxyl groups excluding tert-OH is 1. The van der Waals surface area contributed by atoms with Gasteiger partial charge in [0.1, 0.15) is 0 Å². The van der Waals surface area contributed by atoms with E-state index in [1.165, 1.54) is 0 Å². The number of piperidine rings is 1. The van der Waals surface area contributed by atoms with E-state index in [1.807, 2.05) is 26.8 Å². The second kappa shape index (κ2) is 10.3. The molecule has 0 aromatic heterocycles. The molecule has 0 spiro atoms. The van der Waals surface area contributed by atoms with Crippen molar-refractivity contribution in [2.45, 2.75) is 52.2 Å². The average molecular weight is 377 g/mol. The monoisotopic (exact) mass is 376 g/mol. The molecule has 1 saturated heterocycles. The molecule has 0 aliphatic carbocycles. The Morgan fingerprint density at radius 1 is 1.26 bits per heavy atom. The lowest BCUT2D eigenvalue weighted by molar-refractivity contribution is 0.0924. The number of amides is 3. The fourth-order valence-corrected chi connectivity index (χ4v) is 3.19. The van der Waals surface area contributed by atoms with Crippen LogP contribution in [0.25, 0.3) is 0 Å². The van der Waals surface area contributed by atoms with Crippen molar-refractivity contribution in [1.29, 1.82) is 0 Å². The Bertz CT molecular complexity index is 642. The molecule has 0 bridgehead atoms. The summed E-state index contributed by atoms with van der Waals surface area (Å²) in [7, 11) is 0. The summed E-state index contributed by atoms with van der Waals surface area (Å²) in [6, 6.07) is 5.15. The van der Waals surface area contributed by atoms with Crippen molar-refractivity contribution >= 4 is 17.6 Å². The van der Waals surface area contributed by atoms with Crippen molar-refractivity contribution in [1.82, 2.24) is 15.5 Å². The highest BCUT2D eigenvalue weighted by molar-refractivity contribution is 5.97. The first-order chi connectivity index (χ1) is 12.9. The Kier molecular flexibility index (Phi) is 8.06. The molecule has 7 nitrogen and oxygen atoms in total. The lowest BCUT2D eigenvalue weighted by Gasteiger charge is -2.33. The minimum atomic E-state index is -0.280. The van der Waals surface area contributed by atoms with Crippen molar-refractivity contribution in [3.63, 3.8) is 0 Å². The third-order valence-electron chi connectivity index (χ3n) is 4.95. The number of benzene rings is 1. The molecule has 1 aliphatic rings. The number of β-amino-alcohol motifs (C(OH)–C–C–N with tert-alkyl or cyclic N) is 1. The third-order valence-corrected chi connectivity index (χ3v) is 4.95. The number of anilines is 1. The van der Waals surface area contributed by atoms with Crippen molar-refractivity contribution in [2.75, 3.05) is 31.5 Å². The normalized spacial score (nSPS) is 16.6. The molecular formula is C20H32N4O3. The number of aliphatic hydroxyl groups is 1. The number of carbonyl (C=O) groups excluding carboxylic acids is 2. The first kappa shape index (κ1) is 21.2. The van der Waals surface area contributed by atoms with Crippen molar-refractivity contribution < 1.29 is 14.7 Å². The lowest BCUT2D eigenvalue weighted by atomic mass is 10.0. The van der Waals surface area contributed by atoms with Crippen LogP contribution >= 0.6 is 0 Å². The summed E-state index contributed by atoms with van der Waals surface area (Å²) in [5.41, 5.74) is 2.07. The molecule has 4 N–H and O–H groups in total. The Labute approximate surface area is 161 Å². The highest BCUT2D eigenvalue weighted by Gasteiger charge is 2.22. The first-order valence-electron chi connectivity index (χ1n) is 9.79. The van der Waals surface area contributed by atoms with Gasteiger partial charge < -0.3 is 26.0 Å². The predicted octanol–water partition coefficient (Wildman–Crippen LogP) is 2.10. The van der Waals surface area contributed by atoms with Gasteiger partial charge in [-0.25, -0.2) is 4.79 Å². The second-order valence-electron chi connectivity index (χ2n) is 7.12. The molecule has 1 unspecified atom stereocenters. The molecule has 1 aromatic rings. The van der Waals surface area contributed by atoms with Crippen LogP contribution in [0.3, 0.4) is 0 Å². The zero-order chi connectivity index (χ0) is 19.8. The average Bonchev–Trinajstić information content (AvgIpc) is 2.65. The third kappa shape index (κ3) is 6.52. The zero-order valence-corrected chi connectivity index (χ0v) is 16.5. The number of aryl methyl sites for hydroxylation is 1. The van der Waals surface area contributed by atoms with E-state index in [4.69, 9.17) is 0 Å². The lowest BCUT2D eigenvalue weighted by Crippen LogP contribution is -2.47. The van der Waals surface area contributed by atoms with Crippen LogP contribution in [0.1, 0.15) is 49.0 Å². The maximum atomic E-state index is 12.4. The Balaban J connectivity index is 1.86. The molecule has 0 saturated carbocycles. The number of rotatable bonds is 7. The highest BCUT2D eigenvalue weighted by atomic mass is 16.3. The van der Waals surface area contributed by atoms with Crippen LogP contribution < -0.4 is 16.0 Å². The molecule has 150 valence electrons. The molecule has 1 aliphatic heterocycles. The van der Waals surface area contributed by atoms with E-state index >= 15 is 0 Å². The van der Waals surface area contributed by atoms with Gasteiger partial charge in [-0.2, -0.15) is 0 Å². The molecule has 1 aromatic carbocycles. The fourth-order valence-electron chi connectivity index (χ4n) is 3.19. The van der Waals surface area contributed by atoms with E-state index in [0.717, 1.165) is 37.9 Å². The smallest absolute Gasteiger partial charge is 0.319 e. The zero-order valence-electron chi connectivity index (χ0n) is 16.5. The van der Waals surface area contributed by atoms with Crippen LogP contribution in [0.5, 0.6) is 0 Å². The molecule has 0 radical (unpaired) electrons. The van der Waals surface area contributed by atoms with Gasteiger partial charge in [-0.3, -0.25) is 4.79 Å². The van der Waals surface area contributed by atoms with Gasteiger partial charge >= 0.3 is 6.03 Å². The first-order valence-corrected chi connectivity index (χ1v) is 9.79. The second-order valence-corrected chi connectivity index (χ2v) is 7.12. The predicted molar refractivity (Wildman–Crippen MR) is 107 cm³/mol. The van der Waals surface area contributed by atoms with Gasteiger partial charge in [-0.1, -0.05) is 13.0 Å². The summed E-state index contributed by atoms with van der Waals surface area (Å²) in [4.78, 5) is 26.6. The van der Waals surface area contributed by atoms with Crippen molar-refractivity contribution in [3.8, 4) is 0 Å². The summed E-state index contributed by atoms with van der Waals surface area (Å²) in [5.74, 6) is -0.150. The SMILES string of the molecule is CCNC(=O)c1ccc(C)c(NC(=O)NC2CCN(CC(O)CC)CC2)c1. The number of nitrogens with one attached hydrogen (secondary N) is 3. The minimum absolute atomic E-state index is 0.117. The summed E-state index contributed by atoms with van der Waals surface area (Å²) >= 11 is 0. The minimum Gasteiger partial charge on any atom is -0.392 e. The summed E-state index contributed by atoms with van der Waals surface area (Å²) < 4.78 is 0. The topological polar surface area (TPSA) is 93.7 Å². The van der Waals surface area contributed by atoms with Gasteiger partial charge in [0.25, 0.3) is 5.91 Å². The molecular weight excluding hydrogens is 344 g/mol. The van der Waals surface area contributed by atoms with Crippen LogP contribution in [0, 0.1) is 6.92 Å². The van der Waals surface area contributed by atoms with Gasteiger partial charge in [-0.15, -0.1) is 0 Å². The van der Waals surface area contributed by atoms with Gasteiger partial charge in [0.05, 0.1) is 6.10 Å². The molecule has 1 atom stereocenters. The van der Waals surface area contributed by atoms with E-state index < -0.39 is 0 Å². The van der Waals surface area contributed by atoms with Gasteiger partial charge in [0.15, 0.2) is 0 Å². The van der Waals surface area contributed by atoms with Gasteiger partial charge in [-0.05, 0) is 50.8 Å². The highest BCUT2D eigenvalue weighted by Crippen LogP contribution is 2.17. The molecule has 3 amide bonds. The van der Waals surface area contributed by atoms with Crippen LogP contribution in [-0.2, 0) is 0 Å². The van der Waals surface area contributed by atoms with E-state index in [2.05, 4.69) is 20.9 Å². The Hall–Kier alpha value is -2.12. The quantitative estimate of drug-likeness (QED) is 0.586. The summed E-state index contributed by atoms with van der Waals surface area (Å²) in [5, 5.41) is 18.4. The Morgan fingerprint density at radius 2 is 1.96 bits per heavy atom. The fraction of sp³-hybridized carbons (Fsp3) is 0.600. The summed E-state index contributed by atoms with van der Waals surface area (Å²) in [6.45, 7) is 8.74. The molecule has 2 rings (SSSR count). The number of hydrogen-bond donors (Lipinski definition) is 4. The van der Waals surface area contributed by atoms with Crippen LogP contribution in [0.15, 0.2) is 18.2 Å². The van der Waals surface area contributed by atoms with Crippen molar-refractivity contribution in [3.05, 3.63) is 29.3 Å². The van der Waals surface area contributed by atoms with E-state index in [9.17, 15) is 14.7 Å². The molecule has 1 fully saturated rings. The van der Waals surface area contributed by atoms with Crippen LogP contribution in [0.4, 0.5) is 10.5 Å². The molecule has 1 heterocycles. The number of hydrogen-bond acceptors (Lipinski definition) is 4. The largest absolute Gasteiger partial charge is 0.392 e. The van der Waals surface area contributed by atoms with E-state index in [0.29, 0.717) is 24.3 Å². The molecule has 7 heteroatoms. The van der Waals surface area contributed by atoms with Gasteiger partial charge in [0, 0.05) is 43.5 Å². The number of urea groups is 1.